The van der Waals surface area contributed by atoms with Gasteiger partial charge in [-0.2, -0.15) is 0 Å². The summed E-state index contributed by atoms with van der Waals surface area (Å²) in [5, 5.41) is 21.2. The Morgan fingerprint density at radius 2 is 1.74 bits per heavy atom. The first-order valence-corrected chi connectivity index (χ1v) is 27.3. The number of thiazole rings is 1. The van der Waals surface area contributed by atoms with E-state index in [0.717, 1.165) is 76.2 Å². The van der Waals surface area contributed by atoms with Crippen molar-refractivity contribution in [2.75, 3.05) is 49.5 Å². The van der Waals surface area contributed by atoms with Crippen LogP contribution in [-0.2, 0) is 25.7 Å². The van der Waals surface area contributed by atoms with Crippen molar-refractivity contribution in [2.24, 2.45) is 22.5 Å². The number of nitrogens with two attached hydrogens (primary N) is 1. The Labute approximate surface area is 436 Å². The number of rotatable bonds is 15. The number of nitrogens with one attached hydrogen (secondary N) is 3. The number of carbonyl (C=O) groups is 4. The fourth-order valence-corrected chi connectivity index (χ4v) is 12.0. The lowest BCUT2D eigenvalue weighted by Crippen LogP contribution is -2.57. The second-order valence-corrected chi connectivity index (χ2v) is 23.6. The summed E-state index contributed by atoms with van der Waals surface area (Å²) in [4.78, 5) is 79.6. The minimum absolute atomic E-state index is 0.00749. The number of anilines is 2. The summed E-state index contributed by atoms with van der Waals surface area (Å²) in [5.74, 6) is 1.05. The first-order chi connectivity index (χ1) is 34.4. The molecule has 0 unspecified atom stereocenters. The van der Waals surface area contributed by atoms with Crippen LogP contribution < -0.4 is 31.3 Å². The van der Waals surface area contributed by atoms with Gasteiger partial charge in [0.15, 0.2) is 0 Å². The summed E-state index contributed by atoms with van der Waals surface area (Å²) in [6, 6.07) is 6.14. The molecule has 4 amide bonds. The first kappa shape index (κ1) is 53.2. The van der Waals surface area contributed by atoms with Gasteiger partial charge >= 0.3 is 0 Å². The van der Waals surface area contributed by atoms with Crippen LogP contribution in [0.2, 0.25) is 5.02 Å². The minimum atomic E-state index is -0.910. The molecule has 4 aliphatic rings. The van der Waals surface area contributed by atoms with Gasteiger partial charge in [0.2, 0.25) is 23.6 Å². The molecule has 3 aromatic heterocycles. The van der Waals surface area contributed by atoms with Crippen molar-refractivity contribution in [2.45, 2.75) is 146 Å². The molecule has 20 heteroatoms. The van der Waals surface area contributed by atoms with Crippen molar-refractivity contribution >= 4 is 70.0 Å². The van der Waals surface area contributed by atoms with Crippen molar-refractivity contribution in [3.63, 3.8) is 0 Å². The molecule has 0 spiro atoms. The number of β-amino-alcohol motifs (C(OH)–C–C–N with tert-alkyl or cyclic N) is 1. The highest BCUT2D eigenvalue weighted by Gasteiger charge is 2.44. The Morgan fingerprint density at radius 3 is 2.38 bits per heavy atom. The predicted octanol–water partition coefficient (Wildman–Crippen LogP) is 6.84. The van der Waals surface area contributed by atoms with Gasteiger partial charge in [0.1, 0.15) is 34.5 Å². The van der Waals surface area contributed by atoms with E-state index in [1.807, 2.05) is 68.6 Å². The summed E-state index contributed by atoms with van der Waals surface area (Å²) in [6.07, 6.45) is 10.9. The number of aryl methyl sites for hydroxylation is 1. The molecule has 4 aromatic rings. The van der Waals surface area contributed by atoms with E-state index in [0.29, 0.717) is 61.9 Å². The lowest BCUT2D eigenvalue weighted by molar-refractivity contribution is -0.143. The Hall–Kier alpha value is -5.08. The number of aliphatic hydroxyl groups excluding tert-OH is 1. The van der Waals surface area contributed by atoms with E-state index >= 15 is 0 Å². The predicted molar refractivity (Wildman–Crippen MR) is 281 cm³/mol. The molecule has 1 saturated carbocycles. The van der Waals surface area contributed by atoms with Gasteiger partial charge in [-0.15, -0.1) is 11.3 Å². The summed E-state index contributed by atoms with van der Waals surface area (Å²) < 4.78 is 6.76. The highest BCUT2D eigenvalue weighted by Crippen LogP contribution is 2.39. The number of hydrogen-bond acceptors (Lipinski definition) is 15. The summed E-state index contributed by atoms with van der Waals surface area (Å²) in [5.41, 5.74) is 10.00. The molecule has 6 heterocycles. The number of pyridine rings is 1. The van der Waals surface area contributed by atoms with Crippen molar-refractivity contribution in [3.05, 3.63) is 64.6 Å². The normalized spacial score (nSPS) is 22.0. The number of piperidine rings is 2. The molecule has 1 aliphatic carbocycles. The van der Waals surface area contributed by atoms with E-state index in [4.69, 9.17) is 32.0 Å². The summed E-state index contributed by atoms with van der Waals surface area (Å²) in [7, 11) is 0. The van der Waals surface area contributed by atoms with Gasteiger partial charge in [0.05, 0.1) is 45.7 Å². The monoisotopic (exact) mass is 1040 g/mol. The number of carbonyl (C=O) groups excluding carboxylic acids is 4. The fraction of sp³-hybridized carbons (Fsp3) is 0.577. The van der Waals surface area contributed by atoms with Gasteiger partial charge in [0, 0.05) is 81.2 Å². The zero-order chi connectivity index (χ0) is 51.3. The average Bonchev–Trinajstić information content (AvgIpc) is 3.99. The Morgan fingerprint density at radius 1 is 1.00 bits per heavy atom. The van der Waals surface area contributed by atoms with Gasteiger partial charge in [0.25, 0.3) is 0 Å². The molecule has 4 fully saturated rings. The zero-order valence-corrected chi connectivity index (χ0v) is 44.7. The maximum atomic E-state index is 14.0. The maximum absolute atomic E-state index is 14.0. The molecule has 3 saturated heterocycles. The zero-order valence-electron chi connectivity index (χ0n) is 42.3. The quantitative estimate of drug-likeness (QED) is 0.0823. The van der Waals surface area contributed by atoms with Crippen molar-refractivity contribution in [1.82, 2.24) is 40.4 Å². The van der Waals surface area contributed by atoms with E-state index in [9.17, 15) is 24.3 Å². The molecule has 1 aromatic carbocycles. The van der Waals surface area contributed by atoms with Gasteiger partial charge in [-0.3, -0.25) is 19.2 Å². The molecule has 3 atom stereocenters. The Kier molecular flexibility index (Phi) is 17.0. The second-order valence-electron chi connectivity index (χ2n) is 21.3. The second kappa shape index (κ2) is 23.0. The van der Waals surface area contributed by atoms with Crippen LogP contribution in [0.4, 0.5) is 11.6 Å². The average molecular weight is 1040 g/mol. The topological polar surface area (TPSA) is 221 Å². The van der Waals surface area contributed by atoms with Gasteiger partial charge in [-0.25, -0.2) is 19.9 Å². The molecule has 17 nitrogen and oxygen atoms in total. The van der Waals surface area contributed by atoms with Gasteiger partial charge < -0.3 is 46.2 Å². The van der Waals surface area contributed by atoms with Crippen LogP contribution >= 0.6 is 34.7 Å². The number of halogens is 1. The van der Waals surface area contributed by atoms with Crippen LogP contribution in [0, 0.1) is 23.7 Å². The number of hydrogen-bond donors (Lipinski definition) is 5. The summed E-state index contributed by atoms with van der Waals surface area (Å²) >= 11 is 9.93. The molecular weight excluding hydrogens is 974 g/mol. The molecule has 0 bridgehead atoms. The van der Waals surface area contributed by atoms with E-state index in [1.54, 1.807) is 23.7 Å². The Bertz CT molecular complexity index is 2550. The lowest BCUT2D eigenvalue weighted by Gasteiger charge is -2.39. The first-order valence-electron chi connectivity index (χ1n) is 25.3. The number of aromatic nitrogens is 4. The van der Waals surface area contributed by atoms with E-state index in [2.05, 4.69) is 37.7 Å². The minimum Gasteiger partial charge on any atom is -0.490 e. The standard InChI is InChI=1S/C52H70ClN11O6S2/c1-31-45(71-30-59-31)34-7-8-35(25-58-48(67)39-24-37(66)28-64(39)50(69)46(51(3,4)5)60-32(2)65)40(23-34)70-38-11-9-33(10-12-38)49(68)63-19-14-36(15-20-63)61-47-44(53)41(13-18-55-47)72-43-27-56-42(26-57-43)62-21-16-52(6,29-54)17-22-62/h7-8,13,18,23,26-27,30,33,36-39,46,66H,9-12,14-17,19-22,24-25,28-29,54H2,1-6H3,(H,55,61)(H,58,67)(H,60,65)/t33?,37-,38?,39+,46-/m1/s1. The van der Waals surface area contributed by atoms with E-state index in [-0.39, 0.29) is 54.8 Å². The number of likely N-dealkylation sites (tertiary alicyclic amines) is 2. The number of amides is 4. The third-order valence-corrected chi connectivity index (χ3v) is 17.2. The molecule has 8 rings (SSSR count). The van der Waals surface area contributed by atoms with E-state index < -0.39 is 35.4 Å². The van der Waals surface area contributed by atoms with E-state index in [1.165, 1.54) is 23.6 Å². The smallest absolute Gasteiger partial charge is 0.246 e. The highest BCUT2D eigenvalue weighted by atomic mass is 35.5. The molecular formula is C52H70ClN11O6S2. The lowest BCUT2D eigenvalue weighted by atomic mass is 9.80. The van der Waals surface area contributed by atoms with Crippen molar-refractivity contribution < 1.29 is 29.0 Å². The van der Waals surface area contributed by atoms with Crippen LogP contribution in [0.15, 0.2) is 58.3 Å². The number of ether oxygens (including phenoxy) is 1. The molecule has 72 heavy (non-hydrogen) atoms. The summed E-state index contributed by atoms with van der Waals surface area (Å²) in [6.45, 7) is 15.0. The molecule has 0 radical (unpaired) electrons. The molecule has 388 valence electrons. The largest absolute Gasteiger partial charge is 0.490 e. The number of nitrogens with zero attached hydrogens (tertiary/aromatic N) is 7. The van der Waals surface area contributed by atoms with Crippen LogP contribution in [-0.4, -0.2) is 128 Å². The number of benzene rings is 1. The fourth-order valence-electron chi connectivity index (χ4n) is 10.2. The molecule has 3 aliphatic heterocycles. The van der Waals surface area contributed by atoms with Gasteiger partial charge in [-0.1, -0.05) is 63.2 Å². The van der Waals surface area contributed by atoms with Gasteiger partial charge in [-0.05, 0) is 93.4 Å². The maximum Gasteiger partial charge on any atom is 0.246 e. The SMILES string of the molecule is CC(=O)N[C@H](C(=O)N1C[C@H](O)C[C@H]1C(=O)NCc1ccc(-c2scnc2C)cc1OC1CCC(C(=O)N2CCC(Nc3nccc(Sc4cnc(N5CCC(C)(CN)CC5)cn4)c3Cl)CC2)CC1)C(C)(C)C. The third-order valence-electron chi connectivity index (χ3n) is 14.8. The highest BCUT2D eigenvalue weighted by molar-refractivity contribution is 7.99. The number of aliphatic hydroxyl groups is 1. The van der Waals surface area contributed by atoms with Crippen LogP contribution in [0.1, 0.15) is 104 Å². The van der Waals surface area contributed by atoms with Crippen molar-refractivity contribution in [3.8, 4) is 16.2 Å². The van der Waals surface area contributed by atoms with Crippen LogP contribution in [0.3, 0.4) is 0 Å². The van der Waals surface area contributed by atoms with Crippen LogP contribution in [0.5, 0.6) is 5.75 Å². The Balaban J connectivity index is 0.832. The third kappa shape index (κ3) is 12.8. The van der Waals surface area contributed by atoms with Crippen LogP contribution in [0.25, 0.3) is 10.4 Å². The molecule has 6 N–H and O–H groups in total. The van der Waals surface area contributed by atoms with Crippen molar-refractivity contribution in [1.29, 1.82) is 0 Å².